The molecule has 1 amide bonds. The van der Waals surface area contributed by atoms with Gasteiger partial charge in [0.25, 0.3) is 5.91 Å². The number of carbonyl (C=O) groups is 1. The predicted octanol–water partition coefficient (Wildman–Crippen LogP) is 5.33. The minimum Gasteiger partial charge on any atom is -0.492 e. The van der Waals surface area contributed by atoms with Crippen LogP contribution in [0.5, 0.6) is 5.75 Å². The Balaban J connectivity index is 1.73. The molecule has 0 aromatic heterocycles. The molecule has 0 radical (unpaired) electrons. The van der Waals surface area contributed by atoms with Gasteiger partial charge in [0.05, 0.1) is 23.8 Å². The van der Waals surface area contributed by atoms with Gasteiger partial charge in [0.1, 0.15) is 12.4 Å². The van der Waals surface area contributed by atoms with Crippen molar-refractivity contribution in [1.29, 1.82) is 5.26 Å². The van der Waals surface area contributed by atoms with Crippen LogP contribution in [0.15, 0.2) is 77.1 Å². The van der Waals surface area contributed by atoms with Crippen LogP contribution in [-0.2, 0) is 10.2 Å². The van der Waals surface area contributed by atoms with Crippen LogP contribution in [0.2, 0.25) is 0 Å². The molecule has 0 fully saturated rings. The van der Waals surface area contributed by atoms with E-state index in [4.69, 9.17) is 4.74 Å². The van der Waals surface area contributed by atoms with Crippen molar-refractivity contribution >= 4 is 17.3 Å². The van der Waals surface area contributed by atoms with Gasteiger partial charge in [0.2, 0.25) is 0 Å². The number of allylic oxidation sites excluding steroid dienone is 3. The molecule has 0 unspecified atom stereocenters. The lowest BCUT2D eigenvalue weighted by Crippen LogP contribution is -2.30. The summed E-state index contributed by atoms with van der Waals surface area (Å²) in [5, 5.41) is 13.7. The Morgan fingerprint density at radius 3 is 2.50 bits per heavy atom. The maximum Gasteiger partial charge on any atom is 0.435 e. The first-order valence-corrected chi connectivity index (χ1v) is 11.5. The quantitative estimate of drug-likeness (QED) is 0.510. The molecular weight excluding hydrogens is 469 g/mol. The predicted molar refractivity (Wildman–Crippen MR) is 131 cm³/mol. The fourth-order valence-corrected chi connectivity index (χ4v) is 4.45. The van der Waals surface area contributed by atoms with E-state index in [2.05, 4.69) is 11.2 Å². The molecule has 186 valence electrons. The highest BCUT2D eigenvalue weighted by Gasteiger charge is 2.46. The Kier molecular flexibility index (Phi) is 6.63. The molecule has 36 heavy (non-hydrogen) atoms. The van der Waals surface area contributed by atoms with Crippen LogP contribution in [-0.4, -0.2) is 42.5 Å². The monoisotopic (exact) mass is 494 g/mol. The number of nitrogens with zero attached hydrogens (tertiary/aromatic N) is 4. The molecule has 2 aromatic rings. The van der Waals surface area contributed by atoms with E-state index in [1.54, 1.807) is 25.1 Å². The SMILES string of the molecule is CCN1N=C(C(F)(F)F)/C(=C/C=C2/N(CCOc3ccccc3)c3ccc(C#N)cc3C2(C)C)C1=O. The minimum atomic E-state index is -4.76. The third-order valence-corrected chi connectivity index (χ3v) is 6.26. The average molecular weight is 495 g/mol. The number of fused-ring (bicyclic) bond motifs is 1. The van der Waals surface area contributed by atoms with Gasteiger partial charge in [-0.05, 0) is 55.0 Å². The van der Waals surface area contributed by atoms with Gasteiger partial charge >= 0.3 is 6.18 Å². The first-order chi connectivity index (χ1) is 17.1. The average Bonchev–Trinajstić information content (AvgIpc) is 3.28. The number of nitriles is 1. The van der Waals surface area contributed by atoms with Crippen molar-refractivity contribution in [3.8, 4) is 11.8 Å². The fourth-order valence-electron chi connectivity index (χ4n) is 4.45. The maximum atomic E-state index is 13.6. The third-order valence-electron chi connectivity index (χ3n) is 6.26. The van der Waals surface area contributed by atoms with E-state index in [1.807, 2.05) is 55.1 Å². The van der Waals surface area contributed by atoms with Gasteiger partial charge in [0.15, 0.2) is 5.71 Å². The lowest BCUT2D eigenvalue weighted by Gasteiger charge is -2.27. The van der Waals surface area contributed by atoms with Crippen LogP contribution < -0.4 is 9.64 Å². The summed E-state index contributed by atoms with van der Waals surface area (Å²) in [6, 6.07) is 16.7. The molecule has 0 aliphatic carbocycles. The molecule has 0 spiro atoms. The summed E-state index contributed by atoms with van der Waals surface area (Å²) in [4.78, 5) is 14.6. The second-order valence-electron chi connectivity index (χ2n) is 8.88. The summed E-state index contributed by atoms with van der Waals surface area (Å²) in [6.45, 7) is 6.18. The van der Waals surface area contributed by atoms with Crippen molar-refractivity contribution in [2.45, 2.75) is 32.4 Å². The summed E-state index contributed by atoms with van der Waals surface area (Å²) < 4.78 is 46.7. The van der Waals surface area contributed by atoms with Crippen LogP contribution in [0.4, 0.5) is 18.9 Å². The highest BCUT2D eigenvalue weighted by atomic mass is 19.4. The lowest BCUT2D eigenvalue weighted by molar-refractivity contribution is -0.125. The number of para-hydroxylation sites is 1. The maximum absolute atomic E-state index is 13.6. The van der Waals surface area contributed by atoms with Gasteiger partial charge < -0.3 is 9.64 Å². The van der Waals surface area contributed by atoms with Crippen molar-refractivity contribution in [3.63, 3.8) is 0 Å². The second kappa shape index (κ2) is 9.53. The normalized spacial score (nSPS) is 19.0. The van der Waals surface area contributed by atoms with Crippen molar-refractivity contribution in [2.75, 3.05) is 24.6 Å². The molecule has 6 nitrogen and oxygen atoms in total. The Morgan fingerprint density at radius 1 is 1.14 bits per heavy atom. The summed E-state index contributed by atoms with van der Waals surface area (Å²) in [5.74, 6) is -0.0911. The first-order valence-electron chi connectivity index (χ1n) is 11.5. The number of anilines is 1. The summed E-state index contributed by atoms with van der Waals surface area (Å²) in [7, 11) is 0. The number of carbonyl (C=O) groups excluding carboxylic acids is 1. The van der Waals surface area contributed by atoms with Crippen molar-refractivity contribution in [2.24, 2.45) is 5.10 Å². The van der Waals surface area contributed by atoms with E-state index < -0.39 is 28.8 Å². The number of rotatable bonds is 6. The van der Waals surface area contributed by atoms with Crippen molar-refractivity contribution in [1.82, 2.24) is 5.01 Å². The van der Waals surface area contributed by atoms with E-state index in [9.17, 15) is 23.2 Å². The van der Waals surface area contributed by atoms with Crippen LogP contribution >= 0.6 is 0 Å². The van der Waals surface area contributed by atoms with Gasteiger partial charge in [-0.25, -0.2) is 5.01 Å². The standard InChI is InChI=1S/C27H25F3N4O2/c1-4-34-25(35)20(24(32-34)27(28,29)30)11-13-23-26(2,3)21-16-18(17-31)10-12-22(21)33(23)14-15-36-19-8-6-5-7-9-19/h5-13,16H,4,14-15H2,1-3H3/b20-11-,23-13+. The summed E-state index contributed by atoms with van der Waals surface area (Å²) in [6.07, 6.45) is -2.02. The Morgan fingerprint density at radius 2 is 1.86 bits per heavy atom. The number of benzene rings is 2. The number of alkyl halides is 3. The van der Waals surface area contributed by atoms with E-state index >= 15 is 0 Å². The smallest absolute Gasteiger partial charge is 0.435 e. The minimum absolute atomic E-state index is 0.0309. The Labute approximate surface area is 207 Å². The van der Waals surface area contributed by atoms with Gasteiger partial charge in [0, 0.05) is 23.3 Å². The number of amides is 1. The van der Waals surface area contributed by atoms with Crippen LogP contribution in [0.25, 0.3) is 0 Å². The van der Waals surface area contributed by atoms with Crippen LogP contribution in [0.3, 0.4) is 0 Å². The molecule has 2 aromatic carbocycles. The summed E-state index contributed by atoms with van der Waals surface area (Å²) in [5.41, 5.74) is 0.515. The molecule has 0 N–H and O–H groups in total. The van der Waals surface area contributed by atoms with Gasteiger partial charge in [-0.2, -0.15) is 23.5 Å². The fraction of sp³-hybridized carbons (Fsp3) is 0.296. The molecule has 0 atom stereocenters. The molecule has 4 rings (SSSR count). The molecular formula is C27H25F3N4O2. The van der Waals surface area contributed by atoms with E-state index in [0.29, 0.717) is 30.2 Å². The van der Waals surface area contributed by atoms with E-state index in [0.717, 1.165) is 16.3 Å². The zero-order valence-electron chi connectivity index (χ0n) is 20.1. The Hall–Kier alpha value is -4.06. The first kappa shape index (κ1) is 25.0. The number of hydrogen-bond donors (Lipinski definition) is 0. The van der Waals surface area contributed by atoms with Gasteiger partial charge in [-0.3, -0.25) is 4.79 Å². The second-order valence-corrected chi connectivity index (χ2v) is 8.88. The summed E-state index contributed by atoms with van der Waals surface area (Å²) >= 11 is 0. The topological polar surface area (TPSA) is 68.9 Å². The molecule has 0 saturated heterocycles. The highest BCUT2D eigenvalue weighted by molar-refractivity contribution is 6.26. The number of likely N-dealkylation sites (N-methyl/N-ethyl adjacent to an activating group) is 1. The molecule has 0 bridgehead atoms. The molecule has 2 heterocycles. The largest absolute Gasteiger partial charge is 0.492 e. The molecule has 2 aliphatic rings. The van der Waals surface area contributed by atoms with Gasteiger partial charge in [-0.1, -0.05) is 32.0 Å². The number of halogens is 3. The van der Waals surface area contributed by atoms with Gasteiger partial charge in [-0.15, -0.1) is 0 Å². The van der Waals surface area contributed by atoms with Crippen LogP contribution in [0.1, 0.15) is 31.9 Å². The highest BCUT2D eigenvalue weighted by Crippen LogP contribution is 2.48. The number of ether oxygens (including phenoxy) is 1. The number of hydrogen-bond acceptors (Lipinski definition) is 5. The zero-order valence-corrected chi connectivity index (χ0v) is 20.1. The van der Waals surface area contributed by atoms with Crippen molar-refractivity contribution < 1.29 is 22.7 Å². The van der Waals surface area contributed by atoms with E-state index in [1.165, 1.54) is 6.08 Å². The molecule has 9 heteroatoms. The zero-order chi connectivity index (χ0) is 26.1. The molecule has 2 aliphatic heterocycles. The number of hydrazone groups is 1. The van der Waals surface area contributed by atoms with Crippen molar-refractivity contribution in [3.05, 3.63) is 83.1 Å². The third kappa shape index (κ3) is 4.59. The van der Waals surface area contributed by atoms with Crippen LogP contribution in [0, 0.1) is 11.3 Å². The van der Waals surface area contributed by atoms with E-state index in [-0.39, 0.29) is 6.54 Å². The Bertz CT molecular complexity index is 1300. The molecule has 0 saturated carbocycles. The lowest BCUT2D eigenvalue weighted by atomic mass is 9.83.